The van der Waals surface area contributed by atoms with Gasteiger partial charge >= 0.3 is 0 Å². The summed E-state index contributed by atoms with van der Waals surface area (Å²) in [5, 5.41) is 2.98. The van der Waals surface area contributed by atoms with Crippen LogP contribution in [0.1, 0.15) is 44.9 Å². The van der Waals surface area contributed by atoms with Crippen LogP contribution in [-0.2, 0) is 21.2 Å². The summed E-state index contributed by atoms with van der Waals surface area (Å²) in [5.41, 5.74) is 0. The number of hydrogen-bond donors (Lipinski definition) is 1. The Labute approximate surface area is 149 Å². The van der Waals surface area contributed by atoms with Crippen molar-refractivity contribution in [1.82, 2.24) is 9.62 Å². The molecular weight excluding hydrogens is 344 g/mol. The molecule has 2 heterocycles. The van der Waals surface area contributed by atoms with Gasteiger partial charge in [0.25, 0.3) is 10.0 Å². The van der Waals surface area contributed by atoms with Crippen LogP contribution < -0.4 is 5.32 Å². The Kier molecular flexibility index (Phi) is 6.83. The van der Waals surface area contributed by atoms with Gasteiger partial charge in [-0.2, -0.15) is 4.31 Å². The van der Waals surface area contributed by atoms with Crippen LogP contribution >= 0.6 is 11.3 Å². The van der Waals surface area contributed by atoms with Gasteiger partial charge in [0.15, 0.2) is 0 Å². The van der Waals surface area contributed by atoms with E-state index in [0.717, 1.165) is 17.7 Å². The van der Waals surface area contributed by atoms with Crippen LogP contribution in [0.2, 0.25) is 0 Å². The SMILES string of the molecule is CCc1ccc(S(=O)(=O)N2CCC(C(=O)NCCC(C)C)CC2)s1. The lowest BCUT2D eigenvalue weighted by atomic mass is 9.97. The van der Waals surface area contributed by atoms with Gasteiger partial charge in [-0.15, -0.1) is 11.3 Å². The molecule has 0 aromatic carbocycles. The summed E-state index contributed by atoms with van der Waals surface area (Å²) in [7, 11) is -3.41. The number of amides is 1. The number of nitrogens with zero attached hydrogens (tertiary/aromatic N) is 1. The third kappa shape index (κ3) is 4.80. The molecule has 136 valence electrons. The number of piperidine rings is 1. The van der Waals surface area contributed by atoms with E-state index in [2.05, 4.69) is 19.2 Å². The molecule has 1 fully saturated rings. The Hall–Kier alpha value is -0.920. The van der Waals surface area contributed by atoms with Gasteiger partial charge in [-0.25, -0.2) is 8.42 Å². The second-order valence-electron chi connectivity index (χ2n) is 6.73. The third-order valence-electron chi connectivity index (χ3n) is 4.43. The summed E-state index contributed by atoms with van der Waals surface area (Å²) in [4.78, 5) is 13.2. The van der Waals surface area contributed by atoms with Gasteiger partial charge in [0.05, 0.1) is 0 Å². The molecule has 0 spiro atoms. The molecule has 1 saturated heterocycles. The van der Waals surface area contributed by atoms with Crippen LogP contribution in [0.4, 0.5) is 0 Å². The smallest absolute Gasteiger partial charge is 0.252 e. The topological polar surface area (TPSA) is 66.5 Å². The fourth-order valence-electron chi connectivity index (χ4n) is 2.80. The summed E-state index contributed by atoms with van der Waals surface area (Å²) >= 11 is 1.35. The molecule has 5 nitrogen and oxygen atoms in total. The van der Waals surface area contributed by atoms with Crippen molar-refractivity contribution in [1.29, 1.82) is 0 Å². The fourth-order valence-corrected chi connectivity index (χ4v) is 5.72. The average Bonchev–Trinajstić information content (AvgIpc) is 3.04. The van der Waals surface area contributed by atoms with Crippen LogP contribution in [0.5, 0.6) is 0 Å². The number of hydrogen-bond acceptors (Lipinski definition) is 4. The zero-order valence-corrected chi connectivity index (χ0v) is 16.4. The fraction of sp³-hybridized carbons (Fsp3) is 0.706. The van der Waals surface area contributed by atoms with Crippen LogP contribution in [0.3, 0.4) is 0 Å². The van der Waals surface area contributed by atoms with Crippen LogP contribution in [0.15, 0.2) is 16.3 Å². The Bertz CT molecular complexity index is 645. The lowest BCUT2D eigenvalue weighted by Gasteiger charge is -2.30. The Morgan fingerprint density at radius 2 is 2.00 bits per heavy atom. The van der Waals surface area contributed by atoms with Crippen molar-refractivity contribution in [3.05, 3.63) is 17.0 Å². The standard InChI is InChI=1S/C17H28N2O3S2/c1-4-15-5-6-16(23-15)24(21,22)19-11-8-14(9-12-19)17(20)18-10-7-13(2)3/h5-6,13-14H,4,7-12H2,1-3H3,(H,18,20). The molecule has 7 heteroatoms. The van der Waals surface area contributed by atoms with Gasteiger partial charge in [-0.05, 0) is 43.7 Å². The first-order valence-corrected chi connectivity index (χ1v) is 11.0. The van der Waals surface area contributed by atoms with Gasteiger partial charge in [-0.3, -0.25) is 4.79 Å². The molecule has 0 bridgehead atoms. The average molecular weight is 373 g/mol. The highest BCUT2D eigenvalue weighted by molar-refractivity contribution is 7.91. The normalized spacial score (nSPS) is 17.3. The zero-order chi connectivity index (χ0) is 17.7. The van der Waals surface area contributed by atoms with Crippen LogP contribution in [0, 0.1) is 11.8 Å². The molecule has 0 aliphatic carbocycles. The molecule has 0 atom stereocenters. The minimum Gasteiger partial charge on any atom is -0.356 e. The largest absolute Gasteiger partial charge is 0.356 e. The summed E-state index contributed by atoms with van der Waals surface area (Å²) in [6.07, 6.45) is 3.01. The van der Waals surface area contributed by atoms with Crippen molar-refractivity contribution < 1.29 is 13.2 Å². The molecule has 1 amide bonds. The maximum absolute atomic E-state index is 12.7. The number of carbonyl (C=O) groups excluding carboxylic acids is 1. The van der Waals surface area contributed by atoms with Crippen molar-refractivity contribution in [2.45, 2.75) is 50.7 Å². The van der Waals surface area contributed by atoms with E-state index in [1.54, 1.807) is 6.07 Å². The monoisotopic (exact) mass is 372 g/mol. The Morgan fingerprint density at radius 3 is 2.54 bits per heavy atom. The Balaban J connectivity index is 1.88. The lowest BCUT2D eigenvalue weighted by Crippen LogP contribution is -2.43. The minimum atomic E-state index is -3.41. The number of rotatable bonds is 7. The van der Waals surface area contributed by atoms with Gasteiger partial charge < -0.3 is 5.32 Å². The molecule has 1 aromatic heterocycles. The van der Waals surface area contributed by atoms with E-state index in [1.807, 2.05) is 13.0 Å². The van der Waals surface area contributed by atoms with E-state index in [-0.39, 0.29) is 11.8 Å². The highest BCUT2D eigenvalue weighted by atomic mass is 32.2. The van der Waals surface area contributed by atoms with E-state index >= 15 is 0 Å². The summed E-state index contributed by atoms with van der Waals surface area (Å²) in [6, 6.07) is 3.58. The van der Waals surface area contributed by atoms with E-state index in [1.165, 1.54) is 15.6 Å². The van der Waals surface area contributed by atoms with Crippen molar-refractivity contribution in [2.24, 2.45) is 11.8 Å². The molecular formula is C17H28N2O3S2. The van der Waals surface area contributed by atoms with Gasteiger partial charge in [0.1, 0.15) is 4.21 Å². The second kappa shape index (κ2) is 8.45. The first-order valence-electron chi connectivity index (χ1n) is 8.71. The van der Waals surface area contributed by atoms with E-state index < -0.39 is 10.0 Å². The minimum absolute atomic E-state index is 0.0668. The summed E-state index contributed by atoms with van der Waals surface area (Å²) in [6.45, 7) is 7.82. The predicted molar refractivity (Wildman–Crippen MR) is 97.6 cm³/mol. The van der Waals surface area contributed by atoms with Crippen molar-refractivity contribution >= 4 is 27.3 Å². The Morgan fingerprint density at radius 1 is 1.33 bits per heavy atom. The molecule has 0 saturated carbocycles. The predicted octanol–water partition coefficient (Wildman–Crippen LogP) is 2.87. The molecule has 2 rings (SSSR count). The maximum atomic E-state index is 12.7. The second-order valence-corrected chi connectivity index (χ2v) is 10.1. The van der Waals surface area contributed by atoms with Crippen molar-refractivity contribution in [3.63, 3.8) is 0 Å². The first kappa shape index (κ1) is 19.4. The van der Waals surface area contributed by atoms with Crippen molar-refractivity contribution in [2.75, 3.05) is 19.6 Å². The molecule has 0 radical (unpaired) electrons. The summed E-state index contributed by atoms with van der Waals surface area (Å²) < 4.78 is 27.3. The van der Waals surface area contributed by atoms with Crippen LogP contribution in [0.25, 0.3) is 0 Å². The molecule has 1 N–H and O–H groups in total. The van der Waals surface area contributed by atoms with Crippen molar-refractivity contribution in [3.8, 4) is 0 Å². The molecule has 1 aromatic rings. The quantitative estimate of drug-likeness (QED) is 0.800. The van der Waals surface area contributed by atoms with Gasteiger partial charge in [0, 0.05) is 30.4 Å². The van der Waals surface area contributed by atoms with E-state index in [0.29, 0.717) is 42.6 Å². The number of aryl methyl sites for hydroxylation is 1. The molecule has 24 heavy (non-hydrogen) atoms. The number of sulfonamides is 1. The zero-order valence-electron chi connectivity index (χ0n) is 14.7. The molecule has 1 aliphatic heterocycles. The maximum Gasteiger partial charge on any atom is 0.252 e. The van der Waals surface area contributed by atoms with E-state index in [9.17, 15) is 13.2 Å². The van der Waals surface area contributed by atoms with Crippen LogP contribution in [-0.4, -0.2) is 38.3 Å². The third-order valence-corrected chi connectivity index (χ3v) is 8.02. The van der Waals surface area contributed by atoms with Gasteiger partial charge in [-0.1, -0.05) is 20.8 Å². The van der Waals surface area contributed by atoms with Gasteiger partial charge in [0.2, 0.25) is 5.91 Å². The highest BCUT2D eigenvalue weighted by Gasteiger charge is 2.32. The highest BCUT2D eigenvalue weighted by Crippen LogP contribution is 2.28. The summed E-state index contributed by atoms with van der Waals surface area (Å²) in [5.74, 6) is 0.561. The van der Waals surface area contributed by atoms with E-state index in [4.69, 9.17) is 0 Å². The first-order chi connectivity index (χ1) is 11.3. The number of thiophene rings is 1. The number of carbonyl (C=O) groups is 1. The number of nitrogens with one attached hydrogen (secondary N) is 1. The lowest BCUT2D eigenvalue weighted by molar-refractivity contribution is -0.126. The molecule has 1 aliphatic rings. The molecule has 0 unspecified atom stereocenters.